The molecule has 9 rings (SSSR count). The maximum Gasteiger partial charge on any atom is 0.237 e. The number of amides is 1. The highest BCUT2D eigenvalue weighted by molar-refractivity contribution is 7.90. The minimum atomic E-state index is -3.61. The van der Waals surface area contributed by atoms with Gasteiger partial charge in [0.05, 0.1) is 35.0 Å². The van der Waals surface area contributed by atoms with Gasteiger partial charge in [-0.2, -0.15) is 10.2 Å². The topological polar surface area (TPSA) is 200 Å². The van der Waals surface area contributed by atoms with Crippen molar-refractivity contribution in [1.29, 1.82) is 10.7 Å². The Balaban J connectivity index is 0.927. The number of aliphatic hydroxyl groups is 1. The number of methoxy groups -OCH3 is 1. The quantitative estimate of drug-likeness (QED) is 0.133. The van der Waals surface area contributed by atoms with Gasteiger partial charge in [-0.05, 0) is 73.9 Å². The van der Waals surface area contributed by atoms with E-state index >= 15 is 0 Å². The smallest absolute Gasteiger partial charge is 0.237 e. The lowest BCUT2D eigenvalue weighted by molar-refractivity contribution is -0.122. The number of halogens is 2. The number of sulfonamides is 1. The number of nitrogens with zero attached hydrogens (tertiary/aromatic N) is 6. The van der Waals surface area contributed by atoms with Gasteiger partial charge in [0.25, 0.3) is 0 Å². The number of aromatic nitrogens is 3. The average Bonchev–Trinajstić information content (AvgIpc) is 3.52. The molecule has 3 fully saturated rings. The summed E-state index contributed by atoms with van der Waals surface area (Å²) in [6, 6.07) is 15.6. The van der Waals surface area contributed by atoms with Gasteiger partial charge in [0.2, 0.25) is 33.6 Å². The Morgan fingerprint density at radius 1 is 1.02 bits per heavy atom. The molecule has 3 aromatic heterocycles. The molecule has 0 unspecified atom stereocenters. The number of ether oxygens (including phenoxy) is 2. The Morgan fingerprint density at radius 3 is 2.54 bits per heavy atom. The minimum absolute atomic E-state index is 0.0560. The number of β-amino-alcohol motifs (C(OH)–C–C–N with tert-alkyl or cyclic N) is 1. The molecule has 0 bridgehead atoms. The fraction of sp³-hybridized carbons (Fsp3) is 0.419. The van der Waals surface area contributed by atoms with Crippen LogP contribution in [0.25, 0.3) is 33.7 Å². The van der Waals surface area contributed by atoms with E-state index < -0.39 is 27.1 Å². The van der Waals surface area contributed by atoms with Gasteiger partial charge >= 0.3 is 0 Å². The van der Waals surface area contributed by atoms with Crippen LogP contribution in [-0.2, 0) is 34.3 Å². The third-order valence-electron chi connectivity index (χ3n) is 12.1. The first-order valence-corrected chi connectivity index (χ1v) is 22.7. The zero-order valence-corrected chi connectivity index (χ0v) is 35.7. The molecule has 0 spiro atoms. The van der Waals surface area contributed by atoms with E-state index in [4.69, 9.17) is 47.5 Å². The van der Waals surface area contributed by atoms with Crippen molar-refractivity contribution < 1.29 is 32.2 Å². The number of hydrogen-bond acceptors (Lipinski definition) is 13. The summed E-state index contributed by atoms with van der Waals surface area (Å²) in [4.78, 5) is 26.3. The Hall–Kier alpha value is -5.02. The number of carbonyl (C=O) groups is 1. The largest absolute Gasteiger partial charge is 0.481 e. The first-order valence-electron chi connectivity index (χ1n) is 20.4. The van der Waals surface area contributed by atoms with Crippen molar-refractivity contribution >= 4 is 50.2 Å². The molecule has 318 valence electrons. The highest BCUT2D eigenvalue weighted by Gasteiger charge is 2.39. The first kappa shape index (κ1) is 41.3. The summed E-state index contributed by atoms with van der Waals surface area (Å²) in [6.07, 6.45) is 4.72. The molecule has 0 radical (unpaired) electrons. The van der Waals surface area contributed by atoms with Gasteiger partial charge in [0.15, 0.2) is 16.6 Å². The summed E-state index contributed by atoms with van der Waals surface area (Å²) in [5.41, 5.74) is 5.74. The Labute approximate surface area is 362 Å². The third-order valence-corrected chi connectivity index (χ3v) is 14.6. The predicted molar refractivity (Wildman–Crippen MR) is 226 cm³/mol. The number of nitrogens with one attached hydrogen (secondary N) is 2. The average molecular weight is 888 g/mol. The molecule has 2 aliphatic heterocycles. The van der Waals surface area contributed by atoms with Crippen LogP contribution < -0.4 is 19.7 Å². The second kappa shape index (κ2) is 16.7. The third kappa shape index (κ3) is 8.22. The lowest BCUT2D eigenvalue weighted by Crippen LogP contribution is -2.39. The molecular formula is C43H44Cl2N8O7S. The van der Waals surface area contributed by atoms with Crippen molar-refractivity contribution in [2.24, 2.45) is 5.92 Å². The molecule has 18 heteroatoms. The second-order valence-corrected chi connectivity index (χ2v) is 18.9. The van der Waals surface area contributed by atoms with Gasteiger partial charge in [-0.3, -0.25) is 19.8 Å². The summed E-state index contributed by atoms with van der Waals surface area (Å²) >= 11 is 13.9. The Bertz CT molecular complexity index is 2770. The molecular weight excluding hydrogens is 843 g/mol. The van der Waals surface area contributed by atoms with Crippen molar-refractivity contribution in [2.75, 3.05) is 39.8 Å². The molecule has 5 heterocycles. The Morgan fingerprint density at radius 2 is 1.79 bits per heavy atom. The van der Waals surface area contributed by atoms with E-state index in [0.29, 0.717) is 92.9 Å². The van der Waals surface area contributed by atoms with Crippen LogP contribution in [0.3, 0.4) is 0 Å². The Kier molecular flexibility index (Phi) is 11.3. The number of pyridine rings is 2. The summed E-state index contributed by atoms with van der Waals surface area (Å²) in [7, 11) is -2.05. The van der Waals surface area contributed by atoms with Crippen molar-refractivity contribution in [2.45, 2.75) is 69.1 Å². The number of fused-ring (bicyclic) bond motifs is 2. The van der Waals surface area contributed by atoms with E-state index in [-0.39, 0.29) is 46.1 Å². The minimum Gasteiger partial charge on any atom is -0.481 e. The lowest BCUT2D eigenvalue weighted by Gasteiger charge is -2.20. The highest BCUT2D eigenvalue weighted by Crippen LogP contribution is 2.45. The molecule has 2 aromatic carbocycles. The van der Waals surface area contributed by atoms with Crippen molar-refractivity contribution in [3.8, 4) is 40.4 Å². The zero-order valence-electron chi connectivity index (χ0n) is 33.4. The molecule has 2 aliphatic carbocycles. The maximum absolute atomic E-state index is 12.7. The van der Waals surface area contributed by atoms with Crippen LogP contribution >= 0.6 is 23.2 Å². The molecule has 4 aliphatic rings. The van der Waals surface area contributed by atoms with Crippen LogP contribution in [0.15, 0.2) is 53.1 Å². The number of rotatable bonds is 13. The van der Waals surface area contributed by atoms with Crippen molar-refractivity contribution in [3.63, 3.8) is 0 Å². The number of likely N-dealkylation sites (tertiary alicyclic amines) is 2. The summed E-state index contributed by atoms with van der Waals surface area (Å²) < 4.78 is 46.8. The van der Waals surface area contributed by atoms with E-state index in [9.17, 15) is 23.6 Å². The summed E-state index contributed by atoms with van der Waals surface area (Å²) in [5.74, 6) is -0.0338. The molecule has 3 atom stereocenters. The van der Waals surface area contributed by atoms with Crippen molar-refractivity contribution in [1.82, 2.24) is 29.1 Å². The van der Waals surface area contributed by atoms with Crippen LogP contribution in [-0.4, -0.2) is 95.0 Å². The van der Waals surface area contributed by atoms with Gasteiger partial charge in [0, 0.05) is 56.6 Å². The number of nitriles is 1. The fourth-order valence-corrected chi connectivity index (χ4v) is 10.6. The van der Waals surface area contributed by atoms with Crippen LogP contribution in [0.5, 0.6) is 11.8 Å². The summed E-state index contributed by atoms with van der Waals surface area (Å²) in [5, 5.41) is 29.4. The van der Waals surface area contributed by atoms with Crippen LogP contribution in [0.1, 0.15) is 60.5 Å². The van der Waals surface area contributed by atoms with Gasteiger partial charge < -0.3 is 28.5 Å². The number of oxazole rings is 1. The lowest BCUT2D eigenvalue weighted by atomic mass is 9.95. The SMILES string of the molecule is COc1nc(O[C@H]2CCc3c(-c4cccc(-c5nc6c(=N)n(CCN7CC[C@@H](C(=O)NS(=O)(=O)C8CC8)C7)cc(C#N)c6o5)c4Cl)cccc32)c(Cl)cc1CN1CC[C@@H](O)C1. The number of aliphatic hydroxyl groups excluding tert-OH is 1. The monoisotopic (exact) mass is 886 g/mol. The van der Waals surface area contributed by atoms with Crippen LogP contribution in [0.2, 0.25) is 10.0 Å². The number of benzene rings is 2. The molecule has 3 N–H and O–H groups in total. The predicted octanol–water partition coefficient (Wildman–Crippen LogP) is 5.59. The van der Waals surface area contributed by atoms with Gasteiger partial charge in [-0.1, -0.05) is 53.5 Å². The van der Waals surface area contributed by atoms with E-state index in [1.54, 1.807) is 23.9 Å². The van der Waals surface area contributed by atoms with E-state index in [1.807, 2.05) is 36.4 Å². The molecule has 61 heavy (non-hydrogen) atoms. The normalized spacial score (nSPS) is 20.5. The molecule has 2 saturated heterocycles. The fourth-order valence-electron chi connectivity index (χ4n) is 8.73. The number of hydrogen-bond donors (Lipinski definition) is 3. The summed E-state index contributed by atoms with van der Waals surface area (Å²) in [6.45, 7) is 3.74. The molecule has 15 nitrogen and oxygen atoms in total. The van der Waals surface area contributed by atoms with E-state index in [1.165, 1.54) is 0 Å². The number of carbonyl (C=O) groups excluding carboxylic acids is 1. The van der Waals surface area contributed by atoms with Crippen LogP contribution in [0.4, 0.5) is 0 Å². The molecule has 1 amide bonds. The first-order chi connectivity index (χ1) is 29.4. The van der Waals surface area contributed by atoms with E-state index in [0.717, 1.165) is 40.8 Å². The molecule has 5 aromatic rings. The van der Waals surface area contributed by atoms with Gasteiger partial charge in [-0.25, -0.2) is 13.4 Å². The zero-order chi connectivity index (χ0) is 42.6. The second-order valence-electron chi connectivity index (χ2n) is 16.2. The molecule has 1 saturated carbocycles. The standard InChI is InChI=1S/C43H44Cl2N8O7S/c1-58-41-25(21-52-15-13-27(54)23-52)18-34(44)43(49-41)59-35-11-10-30-29(4-2-5-31(30)35)32-6-3-7-33(36(32)45)42-48-37-38(60-42)26(19-46)22-53(39(37)47)17-16-51-14-12-24(20-51)40(55)50-61(56,57)28-8-9-28/h2-7,18,22,24,27-28,35,47,54H,8-17,20-21,23H2,1H3,(H,50,55)/t24-,27-,35+/m1/s1. The van der Waals surface area contributed by atoms with Crippen molar-refractivity contribution in [3.05, 3.63) is 86.4 Å². The van der Waals surface area contributed by atoms with Crippen LogP contribution in [0, 0.1) is 22.7 Å². The highest BCUT2D eigenvalue weighted by atomic mass is 35.5. The van der Waals surface area contributed by atoms with Gasteiger partial charge in [0.1, 0.15) is 22.8 Å². The van der Waals surface area contributed by atoms with E-state index in [2.05, 4.69) is 25.6 Å². The maximum atomic E-state index is 12.7. The van der Waals surface area contributed by atoms with Gasteiger partial charge in [-0.15, -0.1) is 0 Å².